The van der Waals surface area contributed by atoms with Gasteiger partial charge in [0, 0.05) is 43.6 Å². The molecule has 3 aliphatic rings. The summed E-state index contributed by atoms with van der Waals surface area (Å²) in [5.41, 5.74) is 3.22. The standard InChI is InChI=1S/C36H55NO7/c1-7-9-14-37-24-31(37)28(8-2)12-11-27-22-32(43-34(38)25-42-20-19-41-18-17-40-16-15-39-6)35-29-21-26(3)10-13-30(29)36(4,5)44-33(35)23-27/h7,9,21-23,28-31H,8,10-20,24-25H2,1-6H3/b9-7+/t28?,29-,30-,31?,37?/m1/s1. The Balaban J connectivity index is 1.41. The molecule has 0 aromatic heterocycles. The molecule has 1 saturated heterocycles. The number of fused-ring (bicyclic) bond motifs is 3. The number of methoxy groups -OCH3 is 1. The second-order valence-corrected chi connectivity index (χ2v) is 12.9. The number of allylic oxidation sites excluding steroid dienone is 3. The van der Waals surface area contributed by atoms with Gasteiger partial charge in [0.05, 0.1) is 39.6 Å². The fraction of sp³-hybridized carbons (Fsp3) is 0.694. The molecular weight excluding hydrogens is 558 g/mol. The summed E-state index contributed by atoms with van der Waals surface area (Å²) in [6, 6.07) is 4.94. The second-order valence-electron chi connectivity index (χ2n) is 12.9. The van der Waals surface area contributed by atoms with Gasteiger partial charge in [0.1, 0.15) is 23.7 Å². The van der Waals surface area contributed by atoms with Crippen LogP contribution in [0.2, 0.25) is 0 Å². The number of carbonyl (C=O) groups excluding carboxylic acids is 1. The van der Waals surface area contributed by atoms with Gasteiger partial charge in [0.15, 0.2) is 0 Å². The summed E-state index contributed by atoms with van der Waals surface area (Å²) in [4.78, 5) is 15.6. The monoisotopic (exact) mass is 613 g/mol. The van der Waals surface area contributed by atoms with Crippen molar-refractivity contribution >= 4 is 5.97 Å². The lowest BCUT2D eigenvalue weighted by atomic mass is 9.68. The molecule has 4 rings (SSSR count). The van der Waals surface area contributed by atoms with Crippen LogP contribution in [0, 0.1) is 11.8 Å². The molecule has 1 aromatic carbocycles. The van der Waals surface area contributed by atoms with Gasteiger partial charge in [-0.1, -0.05) is 37.1 Å². The number of carbonyl (C=O) groups is 1. The maximum absolute atomic E-state index is 13.0. The van der Waals surface area contributed by atoms with Crippen LogP contribution < -0.4 is 9.47 Å². The fourth-order valence-corrected chi connectivity index (χ4v) is 6.79. The van der Waals surface area contributed by atoms with Crippen molar-refractivity contribution in [1.29, 1.82) is 0 Å². The van der Waals surface area contributed by atoms with Crippen LogP contribution in [0.4, 0.5) is 0 Å². The molecule has 3 unspecified atom stereocenters. The molecule has 5 atom stereocenters. The first-order valence-corrected chi connectivity index (χ1v) is 16.6. The molecule has 0 spiro atoms. The van der Waals surface area contributed by atoms with Gasteiger partial charge in [-0.3, -0.25) is 4.90 Å². The molecule has 0 saturated carbocycles. The first-order valence-electron chi connectivity index (χ1n) is 16.6. The number of hydrogen-bond donors (Lipinski definition) is 0. The maximum atomic E-state index is 13.0. The third-order valence-electron chi connectivity index (χ3n) is 9.33. The average molecular weight is 614 g/mol. The molecule has 1 fully saturated rings. The maximum Gasteiger partial charge on any atom is 0.337 e. The van der Waals surface area contributed by atoms with Gasteiger partial charge in [-0.15, -0.1) is 0 Å². The smallest absolute Gasteiger partial charge is 0.337 e. The minimum Gasteiger partial charge on any atom is -0.487 e. The lowest BCUT2D eigenvalue weighted by molar-refractivity contribution is -0.140. The molecular formula is C36H55NO7. The van der Waals surface area contributed by atoms with Gasteiger partial charge in [-0.05, 0) is 77.0 Å². The van der Waals surface area contributed by atoms with Crippen LogP contribution in [-0.2, 0) is 30.2 Å². The van der Waals surface area contributed by atoms with Crippen molar-refractivity contribution in [3.63, 3.8) is 0 Å². The Morgan fingerprint density at radius 2 is 1.84 bits per heavy atom. The molecule has 0 radical (unpaired) electrons. The molecule has 0 bridgehead atoms. The minimum absolute atomic E-state index is 0.135. The fourth-order valence-electron chi connectivity index (χ4n) is 6.79. The molecule has 1 aromatic rings. The molecule has 8 heteroatoms. The molecule has 0 N–H and O–H groups in total. The Bertz CT molecular complexity index is 1130. The van der Waals surface area contributed by atoms with Gasteiger partial charge in [-0.25, -0.2) is 4.79 Å². The number of esters is 1. The van der Waals surface area contributed by atoms with E-state index in [1.165, 1.54) is 12.1 Å². The second kappa shape index (κ2) is 16.9. The summed E-state index contributed by atoms with van der Waals surface area (Å²) in [7, 11) is 1.64. The van der Waals surface area contributed by atoms with Crippen LogP contribution in [-0.4, -0.2) is 89.0 Å². The van der Waals surface area contributed by atoms with E-state index < -0.39 is 5.97 Å². The summed E-state index contributed by atoms with van der Waals surface area (Å²) in [5, 5.41) is 0. The van der Waals surface area contributed by atoms with Crippen LogP contribution >= 0.6 is 0 Å². The van der Waals surface area contributed by atoms with Crippen LogP contribution in [0.25, 0.3) is 0 Å². The summed E-state index contributed by atoms with van der Waals surface area (Å²) < 4.78 is 34.2. The third-order valence-corrected chi connectivity index (χ3v) is 9.33. The zero-order valence-electron chi connectivity index (χ0n) is 27.9. The van der Waals surface area contributed by atoms with E-state index in [4.69, 9.17) is 28.4 Å². The van der Waals surface area contributed by atoms with E-state index in [9.17, 15) is 4.79 Å². The van der Waals surface area contributed by atoms with Crippen molar-refractivity contribution in [3.8, 4) is 11.5 Å². The Kier molecular flexibility index (Phi) is 13.3. The van der Waals surface area contributed by atoms with Crippen molar-refractivity contribution in [1.82, 2.24) is 4.90 Å². The van der Waals surface area contributed by atoms with E-state index in [-0.39, 0.29) is 18.1 Å². The normalized spacial score (nSPS) is 24.3. The van der Waals surface area contributed by atoms with Crippen molar-refractivity contribution in [2.24, 2.45) is 11.8 Å². The quantitative estimate of drug-likeness (QED) is 0.0608. The van der Waals surface area contributed by atoms with E-state index in [2.05, 4.69) is 69.9 Å². The predicted octanol–water partition coefficient (Wildman–Crippen LogP) is 6.12. The molecule has 1 aliphatic carbocycles. The van der Waals surface area contributed by atoms with Crippen molar-refractivity contribution in [3.05, 3.63) is 47.1 Å². The highest BCUT2D eigenvalue weighted by atomic mass is 16.6. The Morgan fingerprint density at radius 1 is 1.11 bits per heavy atom. The molecule has 246 valence electrons. The predicted molar refractivity (Wildman–Crippen MR) is 173 cm³/mol. The van der Waals surface area contributed by atoms with Gasteiger partial charge in [0.25, 0.3) is 0 Å². The topological polar surface area (TPSA) is 75.5 Å². The van der Waals surface area contributed by atoms with E-state index >= 15 is 0 Å². The summed E-state index contributed by atoms with van der Waals surface area (Å²) in [6.07, 6.45) is 12.0. The molecule has 0 amide bonds. The SMILES string of the molecule is C/C=C/CN1CC1C(CC)CCc1cc(OC(=O)COCCOCCOCCOC)c2c(c1)OC(C)(C)[C@@H]1CCC(C)=C[C@@H]21. The largest absolute Gasteiger partial charge is 0.487 e. The van der Waals surface area contributed by atoms with Gasteiger partial charge in [-0.2, -0.15) is 0 Å². The summed E-state index contributed by atoms with van der Waals surface area (Å²) in [5.74, 6) is 2.15. The van der Waals surface area contributed by atoms with Crippen LogP contribution in [0.1, 0.15) is 77.3 Å². The summed E-state index contributed by atoms with van der Waals surface area (Å²) >= 11 is 0. The summed E-state index contributed by atoms with van der Waals surface area (Å²) in [6.45, 7) is 15.8. The van der Waals surface area contributed by atoms with Gasteiger partial charge in [0.2, 0.25) is 0 Å². The number of rotatable bonds is 19. The highest BCUT2D eigenvalue weighted by Gasteiger charge is 2.46. The zero-order chi connectivity index (χ0) is 31.5. The molecule has 2 aliphatic heterocycles. The Labute approximate surface area is 265 Å². The van der Waals surface area contributed by atoms with Crippen LogP contribution in [0.3, 0.4) is 0 Å². The number of nitrogens with zero attached hydrogens (tertiary/aromatic N) is 1. The Hall–Kier alpha value is -2.23. The zero-order valence-corrected chi connectivity index (χ0v) is 27.9. The van der Waals surface area contributed by atoms with E-state index in [0.29, 0.717) is 63.3 Å². The minimum atomic E-state index is -0.408. The van der Waals surface area contributed by atoms with Crippen molar-refractivity contribution in [2.45, 2.75) is 84.3 Å². The number of aryl methyl sites for hydroxylation is 1. The Morgan fingerprint density at radius 3 is 2.55 bits per heavy atom. The van der Waals surface area contributed by atoms with Crippen molar-refractivity contribution in [2.75, 3.05) is 66.4 Å². The molecule has 2 heterocycles. The van der Waals surface area contributed by atoms with E-state index in [0.717, 1.165) is 55.5 Å². The lowest BCUT2D eigenvalue weighted by Crippen LogP contribution is -2.45. The number of benzene rings is 1. The van der Waals surface area contributed by atoms with Crippen LogP contribution in [0.5, 0.6) is 11.5 Å². The lowest BCUT2D eigenvalue weighted by Gasteiger charge is -2.46. The first kappa shape index (κ1) is 34.6. The van der Waals surface area contributed by atoms with Crippen molar-refractivity contribution < 1.29 is 33.2 Å². The van der Waals surface area contributed by atoms with E-state index in [1.54, 1.807) is 7.11 Å². The molecule has 8 nitrogen and oxygen atoms in total. The third kappa shape index (κ3) is 9.63. The average Bonchev–Trinajstić information content (AvgIpc) is 3.76. The molecule has 44 heavy (non-hydrogen) atoms. The first-order chi connectivity index (χ1) is 21.3. The highest BCUT2D eigenvalue weighted by molar-refractivity contribution is 5.75. The number of hydrogen-bond acceptors (Lipinski definition) is 8. The van der Waals surface area contributed by atoms with Gasteiger partial charge < -0.3 is 28.4 Å². The number of ether oxygens (including phenoxy) is 6. The van der Waals surface area contributed by atoms with Crippen LogP contribution in [0.15, 0.2) is 35.9 Å². The van der Waals surface area contributed by atoms with E-state index in [1.807, 2.05) is 0 Å². The highest BCUT2D eigenvalue weighted by Crippen LogP contribution is 2.54. The van der Waals surface area contributed by atoms with Gasteiger partial charge >= 0.3 is 5.97 Å².